The van der Waals surface area contributed by atoms with Crippen molar-refractivity contribution < 1.29 is 4.52 Å². The number of nitrogens with zero attached hydrogens (tertiary/aromatic N) is 2. The van der Waals surface area contributed by atoms with E-state index >= 15 is 0 Å². The third-order valence-electron chi connectivity index (χ3n) is 4.45. The van der Waals surface area contributed by atoms with Crippen molar-refractivity contribution in [1.82, 2.24) is 15.5 Å². The first-order valence-corrected chi connectivity index (χ1v) is 7.92. The molecule has 1 aromatic heterocycles. The van der Waals surface area contributed by atoms with Gasteiger partial charge in [0.1, 0.15) is 0 Å². The Bertz CT molecular complexity index is 400. The lowest BCUT2D eigenvalue weighted by Gasteiger charge is -2.22. The normalized spacial score (nSPS) is 28.3. The van der Waals surface area contributed by atoms with Crippen molar-refractivity contribution >= 4 is 0 Å². The maximum Gasteiger partial charge on any atom is 0.231 e. The van der Waals surface area contributed by atoms with Crippen molar-refractivity contribution in [3.05, 3.63) is 11.7 Å². The van der Waals surface area contributed by atoms with Gasteiger partial charge in [-0.2, -0.15) is 4.98 Å². The third-order valence-corrected chi connectivity index (χ3v) is 4.45. The van der Waals surface area contributed by atoms with Crippen LogP contribution in [0.25, 0.3) is 0 Å². The van der Waals surface area contributed by atoms with E-state index in [0.717, 1.165) is 30.6 Å². The van der Waals surface area contributed by atoms with Crippen LogP contribution >= 0.6 is 0 Å². The van der Waals surface area contributed by atoms with Gasteiger partial charge in [-0.25, -0.2) is 0 Å². The van der Waals surface area contributed by atoms with Crippen LogP contribution in [0.4, 0.5) is 0 Å². The molecule has 1 heterocycles. The smallest absolute Gasteiger partial charge is 0.231 e. The minimum absolute atomic E-state index is 0.419. The van der Waals surface area contributed by atoms with Crippen molar-refractivity contribution in [3.8, 4) is 0 Å². The first-order valence-electron chi connectivity index (χ1n) is 7.92. The van der Waals surface area contributed by atoms with E-state index in [2.05, 4.69) is 22.4 Å². The van der Waals surface area contributed by atoms with Crippen LogP contribution in [-0.2, 0) is 6.42 Å². The van der Waals surface area contributed by atoms with E-state index in [0.29, 0.717) is 12.0 Å². The van der Waals surface area contributed by atoms with Crippen LogP contribution in [0.5, 0.6) is 0 Å². The van der Waals surface area contributed by atoms with Crippen LogP contribution < -0.4 is 5.32 Å². The second kappa shape index (κ2) is 6.04. The van der Waals surface area contributed by atoms with Gasteiger partial charge in [-0.05, 0) is 38.1 Å². The molecule has 0 aliphatic heterocycles. The monoisotopic (exact) mass is 263 g/mol. The number of nitrogens with one attached hydrogen (secondary N) is 1. The molecule has 1 N–H and O–H groups in total. The topological polar surface area (TPSA) is 51.0 Å². The number of hydrogen-bond acceptors (Lipinski definition) is 4. The van der Waals surface area contributed by atoms with E-state index in [1.807, 2.05) is 0 Å². The molecule has 0 bridgehead atoms. The molecule has 2 fully saturated rings. The van der Waals surface area contributed by atoms with Crippen LogP contribution in [0.1, 0.15) is 69.5 Å². The quantitative estimate of drug-likeness (QED) is 0.830. The number of hydrogen-bond donors (Lipinski definition) is 1. The van der Waals surface area contributed by atoms with Crippen LogP contribution in [0.15, 0.2) is 4.52 Å². The molecular formula is C15H25N3O. The van der Waals surface area contributed by atoms with Crippen molar-refractivity contribution in [2.24, 2.45) is 5.92 Å². The Balaban J connectivity index is 1.70. The average Bonchev–Trinajstić information content (AvgIpc) is 3.14. The summed E-state index contributed by atoms with van der Waals surface area (Å²) in [6.07, 6.45) is 10.1. The summed E-state index contributed by atoms with van der Waals surface area (Å²) in [7, 11) is 0. The molecule has 106 valence electrons. The maximum atomic E-state index is 5.56. The Kier molecular flexibility index (Phi) is 4.16. The van der Waals surface area contributed by atoms with Gasteiger partial charge in [0.05, 0.1) is 5.92 Å². The minimum atomic E-state index is 0.419. The van der Waals surface area contributed by atoms with Crippen LogP contribution in [-0.4, -0.2) is 22.7 Å². The fraction of sp³-hybridized carbons (Fsp3) is 0.867. The molecule has 4 nitrogen and oxygen atoms in total. The molecule has 4 heteroatoms. The summed E-state index contributed by atoms with van der Waals surface area (Å²) >= 11 is 0. The van der Waals surface area contributed by atoms with Crippen molar-refractivity contribution in [1.29, 1.82) is 0 Å². The molecule has 0 saturated heterocycles. The highest BCUT2D eigenvalue weighted by molar-refractivity contribution is 5.02. The van der Waals surface area contributed by atoms with Gasteiger partial charge in [0.25, 0.3) is 0 Å². The first kappa shape index (κ1) is 13.1. The molecule has 3 rings (SSSR count). The zero-order chi connectivity index (χ0) is 13.1. The van der Waals surface area contributed by atoms with Crippen LogP contribution in [0.2, 0.25) is 0 Å². The van der Waals surface area contributed by atoms with Gasteiger partial charge in [0, 0.05) is 12.5 Å². The van der Waals surface area contributed by atoms with E-state index in [9.17, 15) is 0 Å². The molecule has 2 saturated carbocycles. The maximum absolute atomic E-state index is 5.56. The van der Waals surface area contributed by atoms with Gasteiger partial charge >= 0.3 is 0 Å². The Morgan fingerprint density at radius 3 is 2.79 bits per heavy atom. The fourth-order valence-electron chi connectivity index (χ4n) is 3.19. The zero-order valence-corrected chi connectivity index (χ0v) is 11.9. The lowest BCUT2D eigenvalue weighted by molar-refractivity contribution is 0.304. The molecule has 2 unspecified atom stereocenters. The van der Waals surface area contributed by atoms with Crippen molar-refractivity contribution in [2.45, 2.75) is 70.3 Å². The van der Waals surface area contributed by atoms with Gasteiger partial charge in [0.15, 0.2) is 5.82 Å². The first-order chi connectivity index (χ1) is 9.36. The SMILES string of the molecule is CCNC1CCCCCC1c1nc(CC2CC2)no1. The van der Waals surface area contributed by atoms with Crippen LogP contribution in [0.3, 0.4) is 0 Å². The average molecular weight is 263 g/mol. The molecule has 19 heavy (non-hydrogen) atoms. The van der Waals surface area contributed by atoms with E-state index in [-0.39, 0.29) is 0 Å². The Morgan fingerprint density at radius 1 is 1.16 bits per heavy atom. The van der Waals surface area contributed by atoms with Gasteiger partial charge in [-0.3, -0.25) is 0 Å². The summed E-state index contributed by atoms with van der Waals surface area (Å²) < 4.78 is 5.56. The summed E-state index contributed by atoms with van der Waals surface area (Å²) in [6, 6.07) is 0.515. The molecule has 2 atom stereocenters. The lowest BCUT2D eigenvalue weighted by Crippen LogP contribution is -2.34. The minimum Gasteiger partial charge on any atom is -0.339 e. The molecule has 0 radical (unpaired) electrons. The molecule has 2 aliphatic rings. The fourth-order valence-corrected chi connectivity index (χ4v) is 3.19. The van der Waals surface area contributed by atoms with Crippen LogP contribution in [0, 0.1) is 5.92 Å². The second-order valence-electron chi connectivity index (χ2n) is 6.11. The number of rotatable bonds is 5. The van der Waals surface area contributed by atoms with Gasteiger partial charge in [-0.1, -0.05) is 31.3 Å². The van der Waals surface area contributed by atoms with Crippen molar-refractivity contribution in [2.75, 3.05) is 6.54 Å². The predicted octanol–water partition coefficient (Wildman–Crippen LogP) is 3.05. The lowest BCUT2D eigenvalue weighted by atomic mass is 9.94. The number of aromatic nitrogens is 2. The summed E-state index contributed by atoms with van der Waals surface area (Å²) in [4.78, 5) is 4.67. The molecule has 0 spiro atoms. The highest BCUT2D eigenvalue weighted by Crippen LogP contribution is 2.34. The van der Waals surface area contributed by atoms with Gasteiger partial charge < -0.3 is 9.84 Å². The van der Waals surface area contributed by atoms with Gasteiger partial charge in [-0.15, -0.1) is 0 Å². The molecular weight excluding hydrogens is 238 g/mol. The summed E-state index contributed by atoms with van der Waals surface area (Å²) in [5.74, 6) is 3.05. The second-order valence-corrected chi connectivity index (χ2v) is 6.11. The highest BCUT2D eigenvalue weighted by atomic mass is 16.5. The molecule has 2 aliphatic carbocycles. The molecule has 0 aromatic carbocycles. The van der Waals surface area contributed by atoms with Crippen molar-refractivity contribution in [3.63, 3.8) is 0 Å². The summed E-state index contributed by atoms with van der Waals surface area (Å²) in [6.45, 7) is 3.19. The van der Waals surface area contributed by atoms with E-state index in [1.54, 1.807) is 0 Å². The van der Waals surface area contributed by atoms with Gasteiger partial charge in [0.2, 0.25) is 5.89 Å². The zero-order valence-electron chi connectivity index (χ0n) is 11.9. The Morgan fingerprint density at radius 2 is 2.00 bits per heavy atom. The Hall–Kier alpha value is -0.900. The highest BCUT2D eigenvalue weighted by Gasteiger charge is 2.30. The van der Waals surface area contributed by atoms with E-state index in [1.165, 1.54) is 44.9 Å². The largest absolute Gasteiger partial charge is 0.339 e. The molecule has 1 aromatic rings. The van der Waals surface area contributed by atoms with E-state index in [4.69, 9.17) is 4.52 Å². The standard InChI is InChI=1S/C15H25N3O/c1-2-16-13-7-5-3-4-6-12(13)15-17-14(18-19-15)10-11-8-9-11/h11-13,16H,2-10H2,1H3. The predicted molar refractivity (Wildman–Crippen MR) is 74.0 cm³/mol. The number of likely N-dealkylation sites (N-methyl/N-ethyl adjacent to an activating group) is 1. The Labute approximate surface area is 115 Å². The molecule has 0 amide bonds. The summed E-state index contributed by atoms with van der Waals surface area (Å²) in [5, 5.41) is 7.79. The summed E-state index contributed by atoms with van der Waals surface area (Å²) in [5.41, 5.74) is 0. The third kappa shape index (κ3) is 3.35. The van der Waals surface area contributed by atoms with E-state index < -0.39 is 0 Å².